The van der Waals surface area contributed by atoms with Crippen LogP contribution < -0.4 is 5.32 Å². The van der Waals surface area contributed by atoms with E-state index in [2.05, 4.69) is 10.2 Å². The van der Waals surface area contributed by atoms with Gasteiger partial charge in [0.1, 0.15) is 5.76 Å². The molecule has 6 heteroatoms. The van der Waals surface area contributed by atoms with Crippen molar-refractivity contribution in [1.82, 2.24) is 9.80 Å². The highest BCUT2D eigenvalue weighted by molar-refractivity contribution is 5.92. The van der Waals surface area contributed by atoms with Gasteiger partial charge in [-0.3, -0.25) is 14.5 Å². The Morgan fingerprint density at radius 1 is 1.04 bits per heavy atom. The minimum absolute atomic E-state index is 0.0392. The zero-order valence-corrected chi connectivity index (χ0v) is 13.7. The number of carbonyl (C=O) groups is 2. The second-order valence-electron chi connectivity index (χ2n) is 5.89. The molecule has 2 amide bonds. The Morgan fingerprint density at radius 3 is 2.38 bits per heavy atom. The standard InChI is InChI=1S/C18H21N3O3/c1-14-7-8-16(24-14)18(23)21-11-9-20(10-12-21)13-17(22)19-15-5-3-2-4-6-15/h2-8H,9-13H2,1H3,(H,19,22). The van der Waals surface area contributed by atoms with Crippen LogP contribution in [-0.4, -0.2) is 54.3 Å². The third-order valence-corrected chi connectivity index (χ3v) is 4.04. The monoisotopic (exact) mass is 327 g/mol. The van der Waals surface area contributed by atoms with Crippen molar-refractivity contribution in [3.63, 3.8) is 0 Å². The molecule has 0 saturated carbocycles. The fourth-order valence-electron chi connectivity index (χ4n) is 2.74. The Labute approximate surface area is 141 Å². The molecule has 1 N–H and O–H groups in total. The first-order valence-electron chi connectivity index (χ1n) is 8.05. The van der Waals surface area contributed by atoms with E-state index in [0.717, 1.165) is 11.4 Å². The maximum absolute atomic E-state index is 12.3. The lowest BCUT2D eigenvalue weighted by molar-refractivity contribution is -0.117. The lowest BCUT2D eigenvalue weighted by Gasteiger charge is -2.33. The van der Waals surface area contributed by atoms with E-state index in [1.165, 1.54) is 0 Å². The predicted octanol–water partition coefficient (Wildman–Crippen LogP) is 1.98. The van der Waals surface area contributed by atoms with Gasteiger partial charge in [-0.1, -0.05) is 18.2 Å². The summed E-state index contributed by atoms with van der Waals surface area (Å²) >= 11 is 0. The number of hydrogen-bond acceptors (Lipinski definition) is 4. The van der Waals surface area contributed by atoms with Crippen molar-refractivity contribution in [3.8, 4) is 0 Å². The van der Waals surface area contributed by atoms with Gasteiger partial charge in [-0.05, 0) is 31.2 Å². The largest absolute Gasteiger partial charge is 0.456 e. The number of anilines is 1. The Bertz CT molecular complexity index is 703. The molecule has 2 aromatic rings. The van der Waals surface area contributed by atoms with Gasteiger partial charge in [0.25, 0.3) is 5.91 Å². The first kappa shape index (κ1) is 16.3. The summed E-state index contributed by atoms with van der Waals surface area (Å²) in [6, 6.07) is 12.9. The lowest BCUT2D eigenvalue weighted by Crippen LogP contribution is -2.50. The van der Waals surface area contributed by atoms with E-state index >= 15 is 0 Å². The summed E-state index contributed by atoms with van der Waals surface area (Å²) in [5, 5.41) is 2.88. The van der Waals surface area contributed by atoms with Crippen molar-refractivity contribution < 1.29 is 14.0 Å². The number of hydrogen-bond donors (Lipinski definition) is 1. The summed E-state index contributed by atoms with van der Waals surface area (Å²) in [6.07, 6.45) is 0. The van der Waals surface area contributed by atoms with Crippen molar-refractivity contribution in [2.24, 2.45) is 0 Å². The zero-order chi connectivity index (χ0) is 16.9. The van der Waals surface area contributed by atoms with E-state index < -0.39 is 0 Å². The highest BCUT2D eigenvalue weighted by Gasteiger charge is 2.24. The van der Waals surface area contributed by atoms with E-state index in [9.17, 15) is 9.59 Å². The van der Waals surface area contributed by atoms with Crippen LogP contribution >= 0.6 is 0 Å². The SMILES string of the molecule is Cc1ccc(C(=O)N2CCN(CC(=O)Nc3ccccc3)CC2)o1. The third-order valence-electron chi connectivity index (χ3n) is 4.04. The minimum atomic E-state index is -0.0866. The maximum atomic E-state index is 12.3. The number of furan rings is 1. The number of carbonyl (C=O) groups excluding carboxylic acids is 2. The van der Waals surface area contributed by atoms with Gasteiger partial charge in [0, 0.05) is 31.9 Å². The van der Waals surface area contributed by atoms with Crippen molar-refractivity contribution >= 4 is 17.5 Å². The normalized spacial score (nSPS) is 15.3. The molecule has 2 heterocycles. The summed E-state index contributed by atoms with van der Waals surface area (Å²) in [5.41, 5.74) is 0.796. The van der Waals surface area contributed by atoms with Crippen LogP contribution in [0.3, 0.4) is 0 Å². The molecule has 0 aliphatic carbocycles. The lowest BCUT2D eigenvalue weighted by atomic mass is 10.2. The highest BCUT2D eigenvalue weighted by Crippen LogP contribution is 2.12. The van der Waals surface area contributed by atoms with Crippen molar-refractivity contribution in [1.29, 1.82) is 0 Å². The molecule has 1 aromatic heterocycles. The van der Waals surface area contributed by atoms with Crippen LogP contribution in [0.25, 0.3) is 0 Å². The van der Waals surface area contributed by atoms with Gasteiger partial charge >= 0.3 is 0 Å². The van der Waals surface area contributed by atoms with Crippen LogP contribution in [0.5, 0.6) is 0 Å². The molecule has 0 bridgehead atoms. The molecule has 0 radical (unpaired) electrons. The number of benzene rings is 1. The number of para-hydroxylation sites is 1. The molecule has 24 heavy (non-hydrogen) atoms. The van der Waals surface area contributed by atoms with Crippen LogP contribution in [0.1, 0.15) is 16.3 Å². The van der Waals surface area contributed by atoms with Gasteiger partial charge in [-0.2, -0.15) is 0 Å². The Balaban J connectivity index is 1.46. The fourth-order valence-corrected chi connectivity index (χ4v) is 2.74. The maximum Gasteiger partial charge on any atom is 0.289 e. The number of rotatable bonds is 4. The molecule has 6 nitrogen and oxygen atoms in total. The average Bonchev–Trinajstić information content (AvgIpc) is 3.02. The van der Waals surface area contributed by atoms with Crippen LogP contribution in [0, 0.1) is 6.92 Å². The molecule has 0 unspecified atom stereocenters. The Kier molecular flexibility index (Phi) is 4.96. The van der Waals surface area contributed by atoms with Crippen LogP contribution in [0.15, 0.2) is 46.9 Å². The number of amides is 2. The van der Waals surface area contributed by atoms with E-state index in [-0.39, 0.29) is 11.8 Å². The molecule has 0 atom stereocenters. The molecule has 3 rings (SSSR count). The van der Waals surface area contributed by atoms with Gasteiger partial charge in [0.2, 0.25) is 5.91 Å². The molecular weight excluding hydrogens is 306 g/mol. The second kappa shape index (κ2) is 7.31. The number of piperazine rings is 1. The summed E-state index contributed by atoms with van der Waals surface area (Å²) < 4.78 is 5.39. The van der Waals surface area contributed by atoms with Crippen LogP contribution in [-0.2, 0) is 4.79 Å². The summed E-state index contributed by atoms with van der Waals surface area (Å²) in [5.74, 6) is 0.983. The quantitative estimate of drug-likeness (QED) is 0.932. The van der Waals surface area contributed by atoms with Crippen LogP contribution in [0.2, 0.25) is 0 Å². The summed E-state index contributed by atoms with van der Waals surface area (Å²) in [4.78, 5) is 28.2. The molecule has 1 aromatic carbocycles. The van der Waals surface area contributed by atoms with E-state index in [4.69, 9.17) is 4.42 Å². The molecule has 1 aliphatic rings. The predicted molar refractivity (Wildman–Crippen MR) is 90.9 cm³/mol. The first-order chi connectivity index (χ1) is 11.6. The highest BCUT2D eigenvalue weighted by atomic mass is 16.3. The van der Waals surface area contributed by atoms with Crippen molar-refractivity contribution in [3.05, 3.63) is 54.0 Å². The van der Waals surface area contributed by atoms with Gasteiger partial charge in [-0.25, -0.2) is 0 Å². The number of aryl methyl sites for hydroxylation is 1. The van der Waals surface area contributed by atoms with Crippen molar-refractivity contribution in [2.45, 2.75) is 6.92 Å². The van der Waals surface area contributed by atoms with Gasteiger partial charge in [0.15, 0.2) is 5.76 Å². The zero-order valence-electron chi connectivity index (χ0n) is 13.7. The Hall–Kier alpha value is -2.60. The molecule has 1 saturated heterocycles. The molecular formula is C18H21N3O3. The van der Waals surface area contributed by atoms with E-state index in [1.54, 1.807) is 17.0 Å². The Morgan fingerprint density at radius 2 is 1.75 bits per heavy atom. The van der Waals surface area contributed by atoms with Crippen LogP contribution in [0.4, 0.5) is 5.69 Å². The molecule has 1 fully saturated rings. The minimum Gasteiger partial charge on any atom is -0.456 e. The second-order valence-corrected chi connectivity index (χ2v) is 5.89. The van der Waals surface area contributed by atoms with Gasteiger partial charge in [-0.15, -0.1) is 0 Å². The number of nitrogens with zero attached hydrogens (tertiary/aromatic N) is 2. The van der Waals surface area contributed by atoms with E-state index in [0.29, 0.717) is 38.5 Å². The summed E-state index contributed by atoms with van der Waals surface area (Å²) in [7, 11) is 0. The van der Waals surface area contributed by atoms with Gasteiger partial charge < -0.3 is 14.6 Å². The van der Waals surface area contributed by atoms with Crippen molar-refractivity contribution in [2.75, 3.05) is 38.0 Å². The molecule has 0 spiro atoms. The van der Waals surface area contributed by atoms with E-state index in [1.807, 2.05) is 37.3 Å². The first-order valence-corrected chi connectivity index (χ1v) is 8.05. The smallest absolute Gasteiger partial charge is 0.289 e. The molecule has 126 valence electrons. The third kappa shape index (κ3) is 4.02. The topological polar surface area (TPSA) is 65.8 Å². The summed E-state index contributed by atoms with van der Waals surface area (Å²) in [6.45, 7) is 4.69. The number of nitrogens with one attached hydrogen (secondary N) is 1. The fraction of sp³-hybridized carbons (Fsp3) is 0.333. The molecule has 1 aliphatic heterocycles. The van der Waals surface area contributed by atoms with Gasteiger partial charge in [0.05, 0.1) is 6.54 Å². The average molecular weight is 327 g/mol.